The summed E-state index contributed by atoms with van der Waals surface area (Å²) in [6.45, 7) is 33.1. The largest absolute Gasteiger partial charge is 0.508 e. The highest BCUT2D eigenvalue weighted by atomic mass is 16.6. The zero-order valence-electron chi connectivity index (χ0n) is 84.3. The van der Waals surface area contributed by atoms with E-state index in [2.05, 4.69) is 143 Å². The summed E-state index contributed by atoms with van der Waals surface area (Å²) in [5.41, 5.74) is 2.64. The van der Waals surface area contributed by atoms with Crippen LogP contribution in [0.2, 0.25) is 0 Å². The Kier molecular flexibility index (Phi) is 43.9. The first-order valence-corrected chi connectivity index (χ1v) is 51.5. The lowest BCUT2D eigenvalue weighted by molar-refractivity contribution is -0.0106. The lowest BCUT2D eigenvalue weighted by Crippen LogP contribution is -2.62. The van der Waals surface area contributed by atoms with Gasteiger partial charge in [-0.1, -0.05) is 152 Å². The molecule has 4 aromatic rings. The van der Waals surface area contributed by atoms with Crippen molar-refractivity contribution < 1.29 is 34.4 Å². The number of carbonyl (C=O) groups is 3. The molecule has 11 aliphatic carbocycles. The predicted octanol–water partition coefficient (Wildman–Crippen LogP) is 21.9. The van der Waals surface area contributed by atoms with Gasteiger partial charge in [0.1, 0.15) is 17.1 Å². The number of aliphatic hydroxyl groups excluding tert-OH is 1. The van der Waals surface area contributed by atoms with Crippen molar-refractivity contribution in [2.24, 2.45) is 47.7 Å². The van der Waals surface area contributed by atoms with E-state index in [1.165, 1.54) is 180 Å². The van der Waals surface area contributed by atoms with Crippen molar-refractivity contribution >= 4 is 70.9 Å². The average molecular weight is 1840 g/mol. The molecule has 0 unspecified atom stereocenters. The highest BCUT2D eigenvalue weighted by Gasteiger charge is 2.51. The van der Waals surface area contributed by atoms with E-state index in [1.54, 1.807) is 48.5 Å². The molecule has 26 heteroatoms. The van der Waals surface area contributed by atoms with E-state index in [-0.39, 0.29) is 46.2 Å². The van der Waals surface area contributed by atoms with E-state index in [9.17, 15) is 29.7 Å². The van der Waals surface area contributed by atoms with Crippen molar-refractivity contribution in [3.05, 3.63) is 115 Å². The summed E-state index contributed by atoms with van der Waals surface area (Å²) in [5.74, 6) is 7.66. The first-order chi connectivity index (χ1) is 63.3. The van der Waals surface area contributed by atoms with Gasteiger partial charge in [-0.15, -0.1) is 0 Å². The maximum atomic E-state index is 12.5. The van der Waals surface area contributed by atoms with E-state index < -0.39 is 11.7 Å². The van der Waals surface area contributed by atoms with Crippen molar-refractivity contribution in [3.8, 4) is 11.5 Å². The molecule has 0 atom stereocenters. The minimum absolute atomic E-state index is 0.00867. The number of benzene rings is 4. The molecule has 4 aromatic carbocycles. The van der Waals surface area contributed by atoms with Gasteiger partial charge in [0.15, 0.2) is 23.8 Å². The van der Waals surface area contributed by atoms with Crippen molar-refractivity contribution in [2.75, 3.05) is 10.6 Å². The van der Waals surface area contributed by atoms with Crippen LogP contribution in [-0.4, -0.2) is 157 Å². The number of hydrogen-bond donors (Lipinski definition) is 16. The van der Waals surface area contributed by atoms with Gasteiger partial charge in [0.05, 0.1) is 36.0 Å². The van der Waals surface area contributed by atoms with Crippen LogP contribution in [0.15, 0.2) is 139 Å². The van der Waals surface area contributed by atoms with Crippen LogP contribution in [0.3, 0.4) is 0 Å². The summed E-state index contributed by atoms with van der Waals surface area (Å²) in [6, 6.07) is 35.7. The summed E-state index contributed by atoms with van der Waals surface area (Å²) in [6.07, 6.45) is 48.4. The fraction of sp³-hybridized carbons (Fsp3) is 0.692. The van der Waals surface area contributed by atoms with E-state index in [0.717, 1.165) is 118 Å². The molecular weight excluding hydrogens is 1660 g/mol. The standard InChI is InChI=1S/C20H29N3O.C19H17N3O2.C18H34N4O.C18H33N3O2.C17H31N3.C15H31N3O/c24-19(16-10-4-1-5-11-16)23-20(21-17-12-6-2-7-13-17)22-18-14-8-3-9-15-18;23-17-10-6-15(7-11-17)21-19(20-14-4-2-1-3-5-14)22-16-8-12-18(24)13-9-16;1-18(2,3)22-17(23)21-16(19-14-10-6-4-7-11-14)20-15-12-8-5-9-13-15;1-18(2,3)23-17(22)21-16(19-14-10-6-4-7-11-14)20-15-12-8-5-9-13-15;1-11(2)18-16(19-12(3)4)20-17-8-13-5-14(9-17)7-15(6-13)10-17;1-14(2,3)17-13(18-15(4,5)6)16-11-7-9-12(19)10-8-11/h1,4-5,10-11,17-18H,2-3,6-9,12-15H2,(H2,21,22,23,24);1-13,23-24H,(H2,20,21,22);14-15H,4-13H2,1-3H3,(H3,19,20,21,22,23);14-15H,4-13H2,1-3H3,(H2,19,20,21,22);11-15H,5-10H2,1-4H3,(H2,18,19,20);11-12,19H,7-10H2,1-6H3,(H2,16,17,18). The number of anilines is 2. The Morgan fingerprint density at radius 1 is 0.391 bits per heavy atom. The van der Waals surface area contributed by atoms with E-state index in [4.69, 9.17) is 29.7 Å². The van der Waals surface area contributed by atoms with Gasteiger partial charge in [-0.3, -0.25) is 25.7 Å². The summed E-state index contributed by atoms with van der Waals surface area (Å²) >= 11 is 0. The minimum atomic E-state index is -0.495. The second-order valence-electron chi connectivity index (χ2n) is 44.0. The van der Waals surface area contributed by atoms with Crippen LogP contribution in [0.5, 0.6) is 11.5 Å². The Bertz CT molecular complexity index is 4080. The van der Waals surface area contributed by atoms with Crippen LogP contribution >= 0.6 is 0 Å². The Morgan fingerprint density at radius 2 is 0.752 bits per heavy atom. The second-order valence-corrected chi connectivity index (χ2v) is 44.0. The molecular formula is C107H175N19O7. The van der Waals surface area contributed by atoms with Crippen LogP contribution in [0, 0.1) is 17.8 Å². The minimum Gasteiger partial charge on any atom is -0.508 e. The number of para-hydroxylation sites is 1. The molecule has 15 rings (SSSR count). The Balaban J connectivity index is 0.000000180. The van der Waals surface area contributed by atoms with Gasteiger partial charge in [-0.25, -0.2) is 34.6 Å². The number of rotatable bonds is 14. The van der Waals surface area contributed by atoms with Gasteiger partial charge >= 0.3 is 12.1 Å². The fourth-order valence-corrected chi connectivity index (χ4v) is 19.9. The third-order valence-corrected chi connectivity index (χ3v) is 25.6. The zero-order chi connectivity index (χ0) is 95.8. The number of phenols is 2. The Morgan fingerprint density at radius 3 is 1.14 bits per heavy atom. The van der Waals surface area contributed by atoms with Gasteiger partial charge < -0.3 is 73.2 Å². The highest BCUT2D eigenvalue weighted by molar-refractivity contribution is 6.06. The molecule has 11 aliphatic rings. The second kappa shape index (κ2) is 54.4. The number of aliphatic imine (C=N–C) groups is 6. The van der Waals surface area contributed by atoms with Gasteiger partial charge in [0.2, 0.25) is 11.9 Å². The van der Waals surface area contributed by atoms with Crippen molar-refractivity contribution in [2.45, 2.75) is 456 Å². The first-order valence-electron chi connectivity index (χ1n) is 51.5. The first kappa shape index (κ1) is 107. The van der Waals surface area contributed by atoms with Gasteiger partial charge in [0.25, 0.3) is 5.91 Å². The number of aromatic hydroxyl groups is 2. The number of guanidine groups is 6. The number of nitrogens with zero attached hydrogens (tertiary/aromatic N) is 6. The molecule has 0 radical (unpaired) electrons. The Hall–Kier alpha value is -9.33. The molecule has 26 nitrogen and oxygen atoms in total. The molecule has 740 valence electrons. The molecule has 4 amide bonds. The lowest BCUT2D eigenvalue weighted by atomic mass is 9.53. The number of amides is 4. The summed E-state index contributed by atoms with van der Waals surface area (Å²) in [5, 5.41) is 71.3. The monoisotopic (exact) mass is 1840 g/mol. The predicted molar refractivity (Wildman–Crippen MR) is 551 cm³/mol. The average Bonchev–Trinajstić information content (AvgIpc) is 0.746. The number of aliphatic hydroxyl groups is 1. The normalized spacial score (nSPS) is 22.8. The summed E-state index contributed by atoms with van der Waals surface area (Å²) < 4.78 is 5.38. The van der Waals surface area contributed by atoms with Crippen molar-refractivity contribution in [3.63, 3.8) is 0 Å². The van der Waals surface area contributed by atoms with Gasteiger partial charge in [-0.05, 0) is 343 Å². The van der Waals surface area contributed by atoms with Crippen LogP contribution in [0.1, 0.15) is 378 Å². The fourth-order valence-electron chi connectivity index (χ4n) is 19.9. The van der Waals surface area contributed by atoms with Crippen LogP contribution in [-0.2, 0) is 4.74 Å². The highest BCUT2D eigenvalue weighted by Crippen LogP contribution is 2.55. The zero-order valence-corrected chi connectivity index (χ0v) is 84.3. The van der Waals surface area contributed by atoms with Crippen LogP contribution in [0.25, 0.3) is 0 Å². The molecule has 0 aliphatic heterocycles. The summed E-state index contributed by atoms with van der Waals surface area (Å²) in [7, 11) is 0. The third-order valence-electron chi connectivity index (χ3n) is 25.6. The Labute approximate surface area is 799 Å². The quantitative estimate of drug-likeness (QED) is 0.0317. The lowest BCUT2D eigenvalue weighted by Gasteiger charge is -2.57. The molecule has 11 fully saturated rings. The molecule has 11 saturated carbocycles. The maximum absolute atomic E-state index is 12.5. The van der Waals surface area contributed by atoms with Gasteiger partial charge in [-0.2, -0.15) is 0 Å². The summed E-state index contributed by atoms with van der Waals surface area (Å²) in [4.78, 5) is 65.5. The molecule has 0 aromatic heterocycles. The number of ether oxygens (including phenoxy) is 1. The number of hydrogen-bond acceptors (Lipinski definition) is 13. The number of phenolic OH excluding ortho intramolecular Hbond substituents is 2. The number of carbonyl (C=O) groups excluding carboxylic acids is 3. The number of urea groups is 1. The molecule has 4 bridgehead atoms. The van der Waals surface area contributed by atoms with E-state index >= 15 is 0 Å². The van der Waals surface area contributed by atoms with Crippen molar-refractivity contribution in [1.29, 1.82) is 0 Å². The van der Waals surface area contributed by atoms with Crippen LogP contribution < -0.4 is 69.1 Å². The molecule has 133 heavy (non-hydrogen) atoms. The molecule has 0 spiro atoms. The van der Waals surface area contributed by atoms with Crippen LogP contribution in [0.4, 0.5) is 26.7 Å². The smallest absolute Gasteiger partial charge is 0.414 e. The van der Waals surface area contributed by atoms with E-state index in [1.807, 2.05) is 102 Å². The SMILES string of the molecule is CC(C)(C)NC(=NC1CCC(O)CC1)NC(C)(C)C.CC(C)(C)NC(=O)NC(=NC1CCCCC1)NC1CCCCC1.CC(C)(C)OC(=O)NC(=NC1CCCCC1)NC1CCCCC1.CC(C)N=C(NC(C)C)NC12CC3CC(CC(C3)C1)C2.O=C(NC(=NC1CCCCC1)NC1CCCCC1)c1ccccc1.Oc1ccc(N=C(Nc2ccccc2)Nc2ccc(O)cc2)cc1. The molecule has 0 saturated heterocycles. The maximum Gasteiger partial charge on any atom is 0.414 e. The van der Waals surface area contributed by atoms with E-state index in [0.29, 0.717) is 95.0 Å². The third kappa shape index (κ3) is 44.4. The number of alkyl carbamates (subject to hydrolysis) is 1. The van der Waals surface area contributed by atoms with Crippen molar-refractivity contribution in [1.82, 2.24) is 58.5 Å². The molecule has 0 heterocycles. The topological polar surface area (TPSA) is 352 Å². The number of nitrogens with one attached hydrogen (secondary N) is 13. The van der Waals surface area contributed by atoms with Gasteiger partial charge in [0, 0.05) is 69.3 Å². The molecule has 16 N–H and O–H groups in total.